The summed E-state index contributed by atoms with van der Waals surface area (Å²) in [6.07, 6.45) is 3.21. The number of aromatic nitrogens is 2. The van der Waals surface area contributed by atoms with Crippen molar-refractivity contribution in [3.8, 4) is 0 Å². The van der Waals surface area contributed by atoms with E-state index in [0.29, 0.717) is 13.1 Å². The second-order valence-corrected chi connectivity index (χ2v) is 8.14. The van der Waals surface area contributed by atoms with E-state index in [1.807, 2.05) is 30.5 Å². The number of hydrogen-bond donors (Lipinski definition) is 2. The molecule has 0 aromatic carbocycles. The maximum absolute atomic E-state index is 13.3. The Kier molecular flexibility index (Phi) is 9.22. The number of rotatable bonds is 5. The number of aryl methyl sites for hydroxylation is 2. The summed E-state index contributed by atoms with van der Waals surface area (Å²) in [5, 5.41) is 17.4. The van der Waals surface area contributed by atoms with E-state index in [1.165, 1.54) is 0 Å². The standard InChI is InChI=1S/C19H33N5O2.2ClH/c1-14-16(15(2)23(4)21-14)12-24(9-10-25)18(26)17-11-19(13-22(17)3)5-7-20-8-6-19;;/h17,20,25H,5-13H2,1-4H3;2*1H. The number of nitrogens with one attached hydrogen (secondary N) is 1. The molecule has 9 heteroatoms. The molecule has 162 valence electrons. The third-order valence-electron chi connectivity index (χ3n) is 6.38. The molecule has 0 aliphatic carbocycles. The highest BCUT2D eigenvalue weighted by atomic mass is 35.5. The first-order valence-corrected chi connectivity index (χ1v) is 9.66. The van der Waals surface area contributed by atoms with Crippen LogP contribution in [0.5, 0.6) is 0 Å². The molecule has 1 spiro atoms. The minimum atomic E-state index is -0.0862. The lowest BCUT2D eigenvalue weighted by atomic mass is 9.77. The van der Waals surface area contributed by atoms with E-state index >= 15 is 0 Å². The smallest absolute Gasteiger partial charge is 0.240 e. The number of piperidine rings is 1. The summed E-state index contributed by atoms with van der Waals surface area (Å²) < 4.78 is 1.86. The number of hydrogen-bond acceptors (Lipinski definition) is 5. The number of carbonyl (C=O) groups is 1. The Balaban J connectivity index is 0.00000196. The lowest BCUT2D eigenvalue weighted by Gasteiger charge is -2.33. The fourth-order valence-electron chi connectivity index (χ4n) is 4.70. The summed E-state index contributed by atoms with van der Waals surface area (Å²) in [7, 11) is 3.99. The van der Waals surface area contributed by atoms with E-state index in [-0.39, 0.29) is 48.8 Å². The molecule has 0 saturated carbocycles. The van der Waals surface area contributed by atoms with E-state index in [2.05, 4.69) is 22.4 Å². The first-order chi connectivity index (χ1) is 12.4. The van der Waals surface area contributed by atoms with Crippen LogP contribution >= 0.6 is 24.8 Å². The molecule has 1 amide bonds. The molecule has 0 radical (unpaired) electrons. The zero-order chi connectivity index (χ0) is 18.9. The van der Waals surface area contributed by atoms with E-state index in [1.54, 1.807) is 0 Å². The van der Waals surface area contributed by atoms with Gasteiger partial charge in [0.05, 0.1) is 18.3 Å². The third-order valence-corrected chi connectivity index (χ3v) is 6.38. The van der Waals surface area contributed by atoms with Crippen molar-refractivity contribution in [3.05, 3.63) is 17.0 Å². The van der Waals surface area contributed by atoms with Crippen molar-refractivity contribution >= 4 is 30.7 Å². The fourth-order valence-corrected chi connectivity index (χ4v) is 4.70. The van der Waals surface area contributed by atoms with Crippen LogP contribution in [0.1, 0.15) is 36.2 Å². The van der Waals surface area contributed by atoms with Crippen LogP contribution in [-0.4, -0.2) is 76.5 Å². The van der Waals surface area contributed by atoms with Gasteiger partial charge in [-0.3, -0.25) is 14.4 Å². The molecule has 3 rings (SSSR count). The van der Waals surface area contributed by atoms with Gasteiger partial charge in [0.15, 0.2) is 0 Å². The van der Waals surface area contributed by atoms with Gasteiger partial charge < -0.3 is 15.3 Å². The molecule has 2 aliphatic heterocycles. The minimum absolute atomic E-state index is 0. The molecule has 1 aromatic rings. The van der Waals surface area contributed by atoms with Crippen molar-refractivity contribution in [2.75, 3.05) is 39.8 Å². The summed E-state index contributed by atoms with van der Waals surface area (Å²) in [5.74, 6) is 0.139. The lowest BCUT2D eigenvalue weighted by Crippen LogP contribution is -2.45. The molecular formula is C19H35Cl2N5O2. The fraction of sp³-hybridized carbons (Fsp3) is 0.789. The Morgan fingerprint density at radius 2 is 1.93 bits per heavy atom. The molecule has 1 unspecified atom stereocenters. The number of amides is 1. The molecule has 1 atom stereocenters. The Labute approximate surface area is 180 Å². The van der Waals surface area contributed by atoms with Gasteiger partial charge in [-0.2, -0.15) is 5.10 Å². The monoisotopic (exact) mass is 435 g/mol. The number of aliphatic hydroxyl groups is 1. The zero-order valence-electron chi connectivity index (χ0n) is 17.4. The molecular weight excluding hydrogens is 401 g/mol. The van der Waals surface area contributed by atoms with Crippen LogP contribution in [0, 0.1) is 19.3 Å². The second-order valence-electron chi connectivity index (χ2n) is 8.14. The van der Waals surface area contributed by atoms with Gasteiger partial charge in [-0.25, -0.2) is 0 Å². The minimum Gasteiger partial charge on any atom is -0.395 e. The maximum atomic E-state index is 13.3. The van der Waals surface area contributed by atoms with Crippen LogP contribution in [0.4, 0.5) is 0 Å². The number of likely N-dealkylation sites (tertiary alicyclic amines) is 1. The Morgan fingerprint density at radius 1 is 1.29 bits per heavy atom. The van der Waals surface area contributed by atoms with Crippen molar-refractivity contribution in [2.45, 2.75) is 45.7 Å². The first kappa shape index (κ1) is 25.2. The highest BCUT2D eigenvalue weighted by molar-refractivity contribution is 5.85. The molecule has 2 saturated heterocycles. The summed E-state index contributed by atoms with van der Waals surface area (Å²) in [5.41, 5.74) is 3.39. The van der Waals surface area contributed by atoms with Gasteiger partial charge in [-0.1, -0.05) is 0 Å². The molecule has 28 heavy (non-hydrogen) atoms. The van der Waals surface area contributed by atoms with Crippen molar-refractivity contribution in [1.29, 1.82) is 0 Å². The Bertz CT molecular complexity index is 661. The average Bonchev–Trinajstić information content (AvgIpc) is 3.05. The molecule has 0 bridgehead atoms. The zero-order valence-corrected chi connectivity index (χ0v) is 19.0. The number of halogens is 2. The SMILES string of the molecule is Cc1nn(C)c(C)c1CN(CCO)C(=O)C1CC2(CCNCC2)CN1C.Cl.Cl. The molecule has 3 heterocycles. The van der Waals surface area contributed by atoms with Crippen LogP contribution in [0.25, 0.3) is 0 Å². The Morgan fingerprint density at radius 3 is 2.46 bits per heavy atom. The van der Waals surface area contributed by atoms with Gasteiger partial charge in [-0.15, -0.1) is 24.8 Å². The molecule has 2 N–H and O–H groups in total. The molecule has 1 aromatic heterocycles. The van der Waals surface area contributed by atoms with E-state index < -0.39 is 0 Å². The summed E-state index contributed by atoms with van der Waals surface area (Å²) in [4.78, 5) is 17.4. The van der Waals surface area contributed by atoms with Gasteiger partial charge in [-0.05, 0) is 58.7 Å². The van der Waals surface area contributed by atoms with Crippen LogP contribution in [0.2, 0.25) is 0 Å². The maximum Gasteiger partial charge on any atom is 0.240 e. The summed E-state index contributed by atoms with van der Waals surface area (Å²) >= 11 is 0. The van der Waals surface area contributed by atoms with Crippen LogP contribution in [-0.2, 0) is 18.4 Å². The van der Waals surface area contributed by atoms with Gasteiger partial charge in [0.1, 0.15) is 0 Å². The molecule has 2 aliphatic rings. The van der Waals surface area contributed by atoms with Crippen molar-refractivity contribution in [3.63, 3.8) is 0 Å². The van der Waals surface area contributed by atoms with Crippen molar-refractivity contribution in [1.82, 2.24) is 24.9 Å². The molecule has 2 fully saturated rings. The van der Waals surface area contributed by atoms with E-state index in [4.69, 9.17) is 0 Å². The highest BCUT2D eigenvalue weighted by Gasteiger charge is 2.46. The van der Waals surface area contributed by atoms with Gasteiger partial charge in [0.2, 0.25) is 5.91 Å². The van der Waals surface area contributed by atoms with Crippen molar-refractivity contribution in [2.24, 2.45) is 12.5 Å². The predicted octanol–water partition coefficient (Wildman–Crippen LogP) is 1.28. The van der Waals surface area contributed by atoms with E-state index in [0.717, 1.165) is 55.8 Å². The van der Waals surface area contributed by atoms with Crippen molar-refractivity contribution < 1.29 is 9.90 Å². The number of aliphatic hydroxyl groups excluding tert-OH is 1. The lowest BCUT2D eigenvalue weighted by molar-refractivity contribution is -0.136. The number of likely N-dealkylation sites (N-methyl/N-ethyl adjacent to an activating group) is 1. The largest absolute Gasteiger partial charge is 0.395 e. The van der Waals surface area contributed by atoms with Crippen LogP contribution in [0.3, 0.4) is 0 Å². The summed E-state index contributed by atoms with van der Waals surface area (Å²) in [6.45, 7) is 7.96. The van der Waals surface area contributed by atoms with Crippen LogP contribution in [0.15, 0.2) is 0 Å². The van der Waals surface area contributed by atoms with Gasteiger partial charge in [0, 0.05) is 37.9 Å². The second kappa shape index (κ2) is 10.3. The average molecular weight is 436 g/mol. The van der Waals surface area contributed by atoms with E-state index in [9.17, 15) is 9.90 Å². The quantitative estimate of drug-likeness (QED) is 0.728. The third kappa shape index (κ3) is 5.00. The number of nitrogens with zero attached hydrogens (tertiary/aromatic N) is 4. The Hall–Kier alpha value is -0.860. The normalized spacial score (nSPS) is 21.2. The predicted molar refractivity (Wildman–Crippen MR) is 115 cm³/mol. The topological polar surface area (TPSA) is 73.6 Å². The first-order valence-electron chi connectivity index (χ1n) is 9.66. The summed E-state index contributed by atoms with van der Waals surface area (Å²) in [6, 6.07) is -0.0862. The van der Waals surface area contributed by atoms with Gasteiger partial charge >= 0.3 is 0 Å². The molecule has 7 nitrogen and oxygen atoms in total. The highest BCUT2D eigenvalue weighted by Crippen LogP contribution is 2.41. The van der Waals surface area contributed by atoms with Gasteiger partial charge in [0.25, 0.3) is 0 Å². The number of carbonyl (C=O) groups excluding carboxylic acids is 1. The van der Waals surface area contributed by atoms with Crippen LogP contribution < -0.4 is 5.32 Å².